The number of ether oxygens (including phenoxy) is 1. The monoisotopic (exact) mass is 402 g/mol. The van der Waals surface area contributed by atoms with E-state index < -0.39 is 4.92 Å². The SMILES string of the molecule is O=C(c1cc([N+](=O)[O-])ccc1Cl)N1CC[NH+](Cc2ccc3c(c2)CCO3)CC1. The van der Waals surface area contributed by atoms with E-state index in [0.29, 0.717) is 13.1 Å². The van der Waals surface area contributed by atoms with Crippen LogP contribution in [0.2, 0.25) is 5.02 Å². The van der Waals surface area contributed by atoms with Crippen LogP contribution in [0.1, 0.15) is 21.5 Å². The first-order valence-electron chi connectivity index (χ1n) is 9.32. The number of carbonyl (C=O) groups is 1. The second-order valence-electron chi connectivity index (χ2n) is 7.18. The number of fused-ring (bicyclic) bond motifs is 1. The lowest BCUT2D eigenvalue weighted by molar-refractivity contribution is -0.917. The molecule has 0 radical (unpaired) electrons. The van der Waals surface area contributed by atoms with Gasteiger partial charge in [0, 0.05) is 24.1 Å². The third-order valence-electron chi connectivity index (χ3n) is 5.36. The molecule has 7 nitrogen and oxygen atoms in total. The highest BCUT2D eigenvalue weighted by Gasteiger charge is 2.27. The number of quaternary nitrogens is 1. The second kappa shape index (κ2) is 7.77. The Hall–Kier alpha value is -2.64. The molecule has 0 aromatic heterocycles. The van der Waals surface area contributed by atoms with E-state index in [9.17, 15) is 14.9 Å². The van der Waals surface area contributed by atoms with Gasteiger partial charge in [-0.2, -0.15) is 0 Å². The molecule has 0 unspecified atom stereocenters. The second-order valence-corrected chi connectivity index (χ2v) is 7.59. The molecule has 1 amide bonds. The van der Waals surface area contributed by atoms with Crippen LogP contribution in [-0.2, 0) is 13.0 Å². The summed E-state index contributed by atoms with van der Waals surface area (Å²) in [5.74, 6) is 0.741. The molecule has 1 saturated heterocycles. The fourth-order valence-corrected chi connectivity index (χ4v) is 4.00. The summed E-state index contributed by atoms with van der Waals surface area (Å²) in [7, 11) is 0. The van der Waals surface area contributed by atoms with Crippen LogP contribution in [0.15, 0.2) is 36.4 Å². The van der Waals surface area contributed by atoms with Crippen LogP contribution in [0.25, 0.3) is 0 Å². The number of amides is 1. The van der Waals surface area contributed by atoms with Crippen LogP contribution < -0.4 is 9.64 Å². The third kappa shape index (κ3) is 3.81. The molecule has 28 heavy (non-hydrogen) atoms. The zero-order valence-corrected chi connectivity index (χ0v) is 16.1. The molecule has 0 bridgehead atoms. The van der Waals surface area contributed by atoms with Gasteiger partial charge in [0.1, 0.15) is 12.3 Å². The average Bonchev–Trinajstić information content (AvgIpc) is 3.16. The highest BCUT2D eigenvalue weighted by atomic mass is 35.5. The fraction of sp³-hybridized carbons (Fsp3) is 0.350. The predicted molar refractivity (Wildman–Crippen MR) is 104 cm³/mol. The number of nitrogens with one attached hydrogen (secondary N) is 1. The molecule has 2 aliphatic heterocycles. The molecule has 146 valence electrons. The Morgan fingerprint density at radius 2 is 2.00 bits per heavy atom. The van der Waals surface area contributed by atoms with E-state index in [0.717, 1.165) is 38.4 Å². The normalized spacial score (nSPS) is 16.5. The highest BCUT2D eigenvalue weighted by molar-refractivity contribution is 6.33. The first kappa shape index (κ1) is 18.7. The molecule has 0 atom stereocenters. The molecular weight excluding hydrogens is 382 g/mol. The number of nitrogens with zero attached hydrogens (tertiary/aromatic N) is 2. The van der Waals surface area contributed by atoms with E-state index in [-0.39, 0.29) is 22.2 Å². The summed E-state index contributed by atoms with van der Waals surface area (Å²) in [5, 5.41) is 11.2. The largest absolute Gasteiger partial charge is 0.493 e. The van der Waals surface area contributed by atoms with Crippen molar-refractivity contribution >= 4 is 23.2 Å². The van der Waals surface area contributed by atoms with Crippen LogP contribution in [0, 0.1) is 10.1 Å². The Balaban J connectivity index is 1.38. The van der Waals surface area contributed by atoms with Crippen LogP contribution in [-0.4, -0.2) is 48.5 Å². The first-order valence-corrected chi connectivity index (χ1v) is 9.70. The number of hydrogen-bond donors (Lipinski definition) is 1. The number of hydrogen-bond acceptors (Lipinski definition) is 4. The van der Waals surface area contributed by atoms with E-state index in [1.165, 1.54) is 34.2 Å². The summed E-state index contributed by atoms with van der Waals surface area (Å²) in [4.78, 5) is 26.4. The van der Waals surface area contributed by atoms with Crippen LogP contribution >= 0.6 is 11.6 Å². The molecule has 2 heterocycles. The molecule has 0 aliphatic carbocycles. The minimum absolute atomic E-state index is 0.127. The van der Waals surface area contributed by atoms with Crippen molar-refractivity contribution in [3.8, 4) is 5.75 Å². The Kier molecular flexibility index (Phi) is 5.19. The van der Waals surface area contributed by atoms with Gasteiger partial charge in [-0.05, 0) is 29.8 Å². The maximum absolute atomic E-state index is 12.8. The summed E-state index contributed by atoms with van der Waals surface area (Å²) >= 11 is 6.11. The zero-order chi connectivity index (χ0) is 19.7. The molecule has 0 spiro atoms. The van der Waals surface area contributed by atoms with Gasteiger partial charge in [0.25, 0.3) is 11.6 Å². The molecule has 2 aromatic carbocycles. The van der Waals surface area contributed by atoms with Crippen molar-refractivity contribution in [1.29, 1.82) is 0 Å². The fourth-order valence-electron chi connectivity index (χ4n) is 3.80. The van der Waals surface area contributed by atoms with Crippen LogP contribution in [0.3, 0.4) is 0 Å². The quantitative estimate of drug-likeness (QED) is 0.624. The van der Waals surface area contributed by atoms with Crippen LogP contribution in [0.4, 0.5) is 5.69 Å². The van der Waals surface area contributed by atoms with E-state index in [2.05, 4.69) is 12.1 Å². The number of piperazine rings is 1. The Labute approximate surface area is 167 Å². The number of nitro groups is 1. The highest BCUT2D eigenvalue weighted by Crippen LogP contribution is 2.26. The predicted octanol–water partition coefficient (Wildman–Crippen LogP) is 1.72. The summed E-state index contributed by atoms with van der Waals surface area (Å²) in [6.07, 6.45) is 0.963. The van der Waals surface area contributed by atoms with E-state index in [1.54, 1.807) is 4.90 Å². The summed E-state index contributed by atoms with van der Waals surface area (Å²) in [6.45, 7) is 4.51. The van der Waals surface area contributed by atoms with Crippen molar-refractivity contribution in [1.82, 2.24) is 4.90 Å². The lowest BCUT2D eigenvalue weighted by Gasteiger charge is -2.32. The standard InChI is InChI=1S/C20H20ClN3O4/c21-18-3-2-16(24(26)27)12-17(18)20(25)23-8-6-22(7-9-23)13-14-1-4-19-15(11-14)5-10-28-19/h1-4,11-12H,5-10,13H2/p+1. The van der Waals surface area contributed by atoms with E-state index in [1.807, 2.05) is 6.07 Å². The van der Waals surface area contributed by atoms with Gasteiger partial charge in [0.2, 0.25) is 0 Å². The average molecular weight is 403 g/mol. The summed E-state index contributed by atoms with van der Waals surface area (Å²) in [6, 6.07) is 10.3. The first-order chi connectivity index (χ1) is 13.5. The topological polar surface area (TPSA) is 77.1 Å². The van der Waals surface area contributed by atoms with Gasteiger partial charge in [-0.1, -0.05) is 11.6 Å². The molecule has 2 aromatic rings. The van der Waals surface area contributed by atoms with E-state index >= 15 is 0 Å². The number of halogens is 1. The Morgan fingerprint density at radius 3 is 2.75 bits per heavy atom. The van der Waals surface area contributed by atoms with Crippen molar-refractivity contribution in [2.24, 2.45) is 0 Å². The van der Waals surface area contributed by atoms with Gasteiger partial charge in [-0.15, -0.1) is 0 Å². The van der Waals surface area contributed by atoms with Gasteiger partial charge in [-0.25, -0.2) is 0 Å². The Bertz CT molecular complexity index is 926. The molecule has 4 rings (SSSR count). The minimum Gasteiger partial charge on any atom is -0.493 e. The molecule has 0 saturated carbocycles. The van der Waals surface area contributed by atoms with Gasteiger partial charge in [0.15, 0.2) is 0 Å². The molecular formula is C20H21ClN3O4+. The smallest absolute Gasteiger partial charge is 0.270 e. The number of nitro benzene ring substituents is 1. The van der Waals surface area contributed by atoms with Gasteiger partial charge in [-0.3, -0.25) is 14.9 Å². The van der Waals surface area contributed by atoms with E-state index in [4.69, 9.17) is 16.3 Å². The van der Waals surface area contributed by atoms with Crippen molar-refractivity contribution in [3.63, 3.8) is 0 Å². The zero-order valence-electron chi connectivity index (χ0n) is 15.3. The summed E-state index contributed by atoms with van der Waals surface area (Å²) in [5.41, 5.74) is 2.61. The van der Waals surface area contributed by atoms with Crippen molar-refractivity contribution in [2.45, 2.75) is 13.0 Å². The maximum atomic E-state index is 12.8. The number of benzene rings is 2. The number of rotatable bonds is 4. The molecule has 2 aliphatic rings. The minimum atomic E-state index is -0.517. The van der Waals surface area contributed by atoms with Crippen molar-refractivity contribution < 1.29 is 19.4 Å². The lowest BCUT2D eigenvalue weighted by atomic mass is 10.1. The number of carbonyl (C=O) groups excluding carboxylic acids is 1. The van der Waals surface area contributed by atoms with Crippen LogP contribution in [0.5, 0.6) is 5.75 Å². The molecule has 1 fully saturated rings. The maximum Gasteiger partial charge on any atom is 0.270 e. The molecule has 8 heteroatoms. The van der Waals surface area contributed by atoms with Gasteiger partial charge in [0.05, 0.1) is 48.3 Å². The molecule has 1 N–H and O–H groups in total. The van der Waals surface area contributed by atoms with Crippen molar-refractivity contribution in [2.75, 3.05) is 32.8 Å². The third-order valence-corrected chi connectivity index (χ3v) is 5.69. The Morgan fingerprint density at radius 1 is 1.21 bits per heavy atom. The van der Waals surface area contributed by atoms with Gasteiger partial charge >= 0.3 is 0 Å². The number of non-ortho nitro benzene ring substituents is 1. The lowest BCUT2D eigenvalue weighted by Crippen LogP contribution is -3.13. The van der Waals surface area contributed by atoms with Gasteiger partial charge < -0.3 is 14.5 Å². The summed E-state index contributed by atoms with van der Waals surface area (Å²) < 4.78 is 5.55. The van der Waals surface area contributed by atoms with Crippen molar-refractivity contribution in [3.05, 3.63) is 68.2 Å².